The van der Waals surface area contributed by atoms with E-state index in [-0.39, 0.29) is 4.90 Å². The van der Waals surface area contributed by atoms with Crippen LogP contribution in [-0.4, -0.2) is 31.4 Å². The first-order valence-corrected chi connectivity index (χ1v) is 8.62. The molecule has 1 N–H and O–H groups in total. The summed E-state index contributed by atoms with van der Waals surface area (Å²) < 4.78 is 28.4. The van der Waals surface area contributed by atoms with Gasteiger partial charge in [0.05, 0.1) is 4.90 Å². The Morgan fingerprint density at radius 2 is 2.14 bits per heavy atom. The van der Waals surface area contributed by atoms with Crippen LogP contribution in [0.2, 0.25) is 5.02 Å². The largest absolute Gasteiger partial charge is 0.340 e. The van der Waals surface area contributed by atoms with E-state index < -0.39 is 9.84 Å². The molecular formula is C13H16ClN3O3S. The maximum Gasteiger partial charge on any atom is 0.223 e. The van der Waals surface area contributed by atoms with Crippen LogP contribution in [0.5, 0.6) is 0 Å². The quantitative estimate of drug-likeness (QED) is 0.813. The molecule has 0 amide bonds. The first kappa shape index (κ1) is 15.9. The molecule has 0 aliphatic rings. The van der Waals surface area contributed by atoms with Gasteiger partial charge in [0.1, 0.15) is 0 Å². The molecule has 0 unspecified atom stereocenters. The standard InChI is InChI=1S/C13H16ClN3O3S/c1-9-16-13(17-20-9)6-7-15-8-10-11(14)4-3-5-12(10)21(2,18)19/h3-5,15H,6-8H2,1-2H3. The van der Waals surface area contributed by atoms with E-state index >= 15 is 0 Å². The Kier molecular flexibility index (Phi) is 4.97. The Morgan fingerprint density at radius 1 is 1.38 bits per heavy atom. The summed E-state index contributed by atoms with van der Waals surface area (Å²) in [4.78, 5) is 4.34. The van der Waals surface area contributed by atoms with Crippen LogP contribution in [0.25, 0.3) is 0 Å². The average molecular weight is 330 g/mol. The van der Waals surface area contributed by atoms with Gasteiger partial charge in [-0.15, -0.1) is 0 Å². The number of aryl methyl sites for hydroxylation is 1. The van der Waals surface area contributed by atoms with Gasteiger partial charge in [-0.05, 0) is 12.1 Å². The summed E-state index contributed by atoms with van der Waals surface area (Å²) in [5.41, 5.74) is 0.575. The summed E-state index contributed by atoms with van der Waals surface area (Å²) in [5, 5.41) is 7.36. The first-order valence-electron chi connectivity index (χ1n) is 6.35. The highest BCUT2D eigenvalue weighted by molar-refractivity contribution is 7.90. The monoisotopic (exact) mass is 329 g/mol. The van der Waals surface area contributed by atoms with Crippen LogP contribution in [-0.2, 0) is 22.8 Å². The topological polar surface area (TPSA) is 85.1 Å². The van der Waals surface area contributed by atoms with Crippen molar-refractivity contribution in [2.24, 2.45) is 0 Å². The van der Waals surface area contributed by atoms with Crippen molar-refractivity contribution in [1.29, 1.82) is 0 Å². The Balaban J connectivity index is 2.00. The molecule has 0 atom stereocenters. The third-order valence-electron chi connectivity index (χ3n) is 2.87. The van der Waals surface area contributed by atoms with Crippen molar-refractivity contribution in [1.82, 2.24) is 15.5 Å². The molecule has 1 aromatic carbocycles. The second-order valence-electron chi connectivity index (χ2n) is 4.65. The van der Waals surface area contributed by atoms with Gasteiger partial charge >= 0.3 is 0 Å². The number of hydrogen-bond donors (Lipinski definition) is 1. The molecule has 0 radical (unpaired) electrons. The van der Waals surface area contributed by atoms with Crippen molar-refractivity contribution < 1.29 is 12.9 Å². The van der Waals surface area contributed by atoms with Gasteiger partial charge < -0.3 is 9.84 Å². The number of halogens is 1. The van der Waals surface area contributed by atoms with Gasteiger partial charge in [-0.3, -0.25) is 0 Å². The van der Waals surface area contributed by atoms with Crippen LogP contribution in [0.4, 0.5) is 0 Å². The summed E-state index contributed by atoms with van der Waals surface area (Å²) in [6, 6.07) is 4.86. The molecule has 0 fully saturated rings. The minimum atomic E-state index is -3.31. The van der Waals surface area contributed by atoms with E-state index in [2.05, 4.69) is 15.5 Å². The van der Waals surface area contributed by atoms with Crippen LogP contribution in [0, 0.1) is 6.92 Å². The molecule has 1 aromatic heterocycles. The van der Waals surface area contributed by atoms with Crippen molar-refractivity contribution in [3.8, 4) is 0 Å². The lowest BCUT2D eigenvalue weighted by molar-refractivity contribution is 0.387. The number of benzene rings is 1. The predicted octanol–water partition coefficient (Wildman–Crippen LogP) is 1.77. The van der Waals surface area contributed by atoms with E-state index in [0.717, 1.165) is 0 Å². The molecular weight excluding hydrogens is 314 g/mol. The lowest BCUT2D eigenvalue weighted by Gasteiger charge is -2.10. The highest BCUT2D eigenvalue weighted by Crippen LogP contribution is 2.23. The summed E-state index contributed by atoms with van der Waals surface area (Å²) >= 11 is 6.09. The normalized spacial score (nSPS) is 11.8. The molecule has 114 valence electrons. The van der Waals surface area contributed by atoms with Crippen LogP contribution in [0.15, 0.2) is 27.6 Å². The Hall–Kier alpha value is -1.44. The second-order valence-corrected chi connectivity index (χ2v) is 7.04. The Labute approximate surface area is 128 Å². The lowest BCUT2D eigenvalue weighted by atomic mass is 10.2. The first-order chi connectivity index (χ1) is 9.88. The number of rotatable bonds is 6. The molecule has 0 bridgehead atoms. The summed E-state index contributed by atoms with van der Waals surface area (Å²) in [6.45, 7) is 2.68. The van der Waals surface area contributed by atoms with Gasteiger partial charge in [0.15, 0.2) is 15.7 Å². The zero-order valence-corrected chi connectivity index (χ0v) is 13.3. The average Bonchev–Trinajstić information content (AvgIpc) is 2.80. The SMILES string of the molecule is Cc1nc(CCNCc2c(Cl)cccc2S(C)(=O)=O)no1. The van der Waals surface area contributed by atoms with E-state index in [1.165, 1.54) is 6.26 Å². The van der Waals surface area contributed by atoms with Crippen molar-refractivity contribution in [2.75, 3.05) is 12.8 Å². The van der Waals surface area contributed by atoms with Gasteiger partial charge in [0.25, 0.3) is 0 Å². The van der Waals surface area contributed by atoms with E-state index in [4.69, 9.17) is 16.1 Å². The number of sulfone groups is 1. The van der Waals surface area contributed by atoms with Crippen molar-refractivity contribution >= 4 is 21.4 Å². The molecule has 2 rings (SSSR count). The number of nitrogens with zero attached hydrogens (tertiary/aromatic N) is 2. The van der Waals surface area contributed by atoms with Gasteiger partial charge in [0, 0.05) is 43.3 Å². The maximum atomic E-state index is 11.7. The number of nitrogens with one attached hydrogen (secondary N) is 1. The third-order valence-corrected chi connectivity index (χ3v) is 4.41. The highest BCUT2D eigenvalue weighted by Gasteiger charge is 2.15. The van der Waals surface area contributed by atoms with Gasteiger partial charge in [0.2, 0.25) is 5.89 Å². The van der Waals surface area contributed by atoms with Crippen molar-refractivity contribution in [2.45, 2.75) is 24.8 Å². The minimum absolute atomic E-state index is 0.248. The molecule has 21 heavy (non-hydrogen) atoms. The molecule has 2 aromatic rings. The molecule has 0 aliphatic heterocycles. The van der Waals surface area contributed by atoms with Crippen molar-refractivity contribution in [3.05, 3.63) is 40.5 Å². The minimum Gasteiger partial charge on any atom is -0.340 e. The van der Waals surface area contributed by atoms with Crippen LogP contribution >= 0.6 is 11.6 Å². The fourth-order valence-electron chi connectivity index (χ4n) is 1.91. The fraction of sp³-hybridized carbons (Fsp3) is 0.385. The Bertz CT molecular complexity index is 728. The van der Waals surface area contributed by atoms with Gasteiger partial charge in [-0.1, -0.05) is 22.8 Å². The summed E-state index contributed by atoms with van der Waals surface area (Å²) in [7, 11) is -3.31. The maximum absolute atomic E-state index is 11.7. The smallest absolute Gasteiger partial charge is 0.223 e. The third kappa shape index (κ3) is 4.26. The molecule has 8 heteroatoms. The summed E-state index contributed by atoms with van der Waals surface area (Å²) in [5.74, 6) is 1.14. The van der Waals surface area contributed by atoms with Gasteiger partial charge in [-0.25, -0.2) is 8.42 Å². The van der Waals surface area contributed by atoms with Crippen LogP contribution < -0.4 is 5.32 Å². The van der Waals surface area contributed by atoms with Crippen molar-refractivity contribution in [3.63, 3.8) is 0 Å². The number of aromatic nitrogens is 2. The predicted molar refractivity (Wildman–Crippen MR) is 79.0 cm³/mol. The van der Waals surface area contributed by atoms with E-state index in [0.29, 0.717) is 41.8 Å². The lowest BCUT2D eigenvalue weighted by Crippen LogP contribution is -2.19. The van der Waals surface area contributed by atoms with Crippen LogP contribution in [0.1, 0.15) is 17.3 Å². The zero-order chi connectivity index (χ0) is 15.5. The molecule has 0 spiro atoms. The Morgan fingerprint density at radius 3 is 2.76 bits per heavy atom. The zero-order valence-electron chi connectivity index (χ0n) is 11.8. The van der Waals surface area contributed by atoms with E-state index in [1.54, 1.807) is 25.1 Å². The number of hydrogen-bond acceptors (Lipinski definition) is 6. The fourth-order valence-corrected chi connectivity index (χ4v) is 3.17. The van der Waals surface area contributed by atoms with E-state index in [9.17, 15) is 8.42 Å². The van der Waals surface area contributed by atoms with Crippen LogP contribution in [0.3, 0.4) is 0 Å². The molecule has 6 nitrogen and oxygen atoms in total. The molecule has 0 saturated heterocycles. The van der Waals surface area contributed by atoms with E-state index in [1.807, 2.05) is 0 Å². The second kappa shape index (κ2) is 6.55. The van der Waals surface area contributed by atoms with Gasteiger partial charge in [-0.2, -0.15) is 4.98 Å². The molecule has 1 heterocycles. The highest BCUT2D eigenvalue weighted by atomic mass is 35.5. The molecule has 0 saturated carbocycles. The summed E-state index contributed by atoms with van der Waals surface area (Å²) in [6.07, 6.45) is 1.76. The molecule has 0 aliphatic carbocycles.